The molecule has 1 rings (SSSR count). The summed E-state index contributed by atoms with van der Waals surface area (Å²) in [6.07, 6.45) is 3.27. The van der Waals surface area contributed by atoms with Crippen LogP contribution in [0, 0.1) is 0 Å². The lowest BCUT2D eigenvalue weighted by Crippen LogP contribution is -2.46. The summed E-state index contributed by atoms with van der Waals surface area (Å²) in [5, 5.41) is 0. The van der Waals surface area contributed by atoms with Gasteiger partial charge in [0.05, 0.1) is 4.99 Å². The average Bonchev–Trinajstić information content (AvgIpc) is 2.25. The molecule has 0 amide bonds. The summed E-state index contributed by atoms with van der Waals surface area (Å²) in [6.45, 7) is 9.53. The molecule has 0 unspecified atom stereocenters. The Hall–Kier alpha value is -0.190. The second kappa shape index (κ2) is 7.14. The third-order valence-corrected chi connectivity index (χ3v) is 3.26. The Morgan fingerprint density at radius 2 is 1.73 bits per heavy atom. The minimum Gasteiger partial charge on any atom is -0.393 e. The van der Waals surface area contributed by atoms with Crippen LogP contribution in [0.15, 0.2) is 0 Å². The Bertz CT molecular complexity index is 188. The average molecular weight is 229 g/mol. The molecule has 0 aromatic carbocycles. The Labute approximate surface area is 98.6 Å². The summed E-state index contributed by atoms with van der Waals surface area (Å²) in [5.74, 6) is 0. The predicted octanol–water partition coefficient (Wildman–Crippen LogP) is 1.08. The molecule has 0 aromatic rings. The first-order valence-electron chi connectivity index (χ1n) is 5.95. The lowest BCUT2D eigenvalue weighted by molar-refractivity contribution is 0.136. The van der Waals surface area contributed by atoms with Crippen molar-refractivity contribution in [1.82, 2.24) is 9.80 Å². The van der Waals surface area contributed by atoms with Crippen molar-refractivity contribution < 1.29 is 0 Å². The standard InChI is InChI=1S/C11H23N3S/c1-2-13-7-9-14(10-8-13)6-4-3-5-11(12)15/h2-10H2,1H3,(H2,12,15). The van der Waals surface area contributed by atoms with Gasteiger partial charge < -0.3 is 15.5 Å². The zero-order valence-corrected chi connectivity index (χ0v) is 10.6. The molecule has 0 bridgehead atoms. The molecule has 15 heavy (non-hydrogen) atoms. The van der Waals surface area contributed by atoms with E-state index in [0.717, 1.165) is 12.8 Å². The SMILES string of the molecule is CCN1CCN(CCCCC(N)=S)CC1. The van der Waals surface area contributed by atoms with E-state index < -0.39 is 0 Å². The van der Waals surface area contributed by atoms with Crippen molar-refractivity contribution in [3.63, 3.8) is 0 Å². The number of nitrogens with two attached hydrogens (primary N) is 1. The van der Waals surface area contributed by atoms with Crippen LogP contribution >= 0.6 is 12.2 Å². The maximum absolute atomic E-state index is 5.46. The Balaban J connectivity index is 2.01. The van der Waals surface area contributed by atoms with Crippen molar-refractivity contribution in [3.05, 3.63) is 0 Å². The molecule has 0 aliphatic carbocycles. The van der Waals surface area contributed by atoms with Gasteiger partial charge in [0.25, 0.3) is 0 Å². The molecule has 0 atom stereocenters. The lowest BCUT2D eigenvalue weighted by Gasteiger charge is -2.33. The van der Waals surface area contributed by atoms with Crippen LogP contribution in [0.4, 0.5) is 0 Å². The first-order valence-corrected chi connectivity index (χ1v) is 6.36. The van der Waals surface area contributed by atoms with Crippen molar-refractivity contribution in [2.24, 2.45) is 5.73 Å². The van der Waals surface area contributed by atoms with Crippen LogP contribution in [0.25, 0.3) is 0 Å². The Kier molecular flexibility index (Phi) is 6.13. The molecule has 88 valence electrons. The van der Waals surface area contributed by atoms with Crippen molar-refractivity contribution in [3.8, 4) is 0 Å². The third kappa shape index (κ3) is 5.44. The fourth-order valence-electron chi connectivity index (χ4n) is 1.96. The summed E-state index contributed by atoms with van der Waals surface area (Å²) in [6, 6.07) is 0. The summed E-state index contributed by atoms with van der Waals surface area (Å²) >= 11 is 4.85. The normalized spacial score (nSPS) is 19.3. The number of piperazine rings is 1. The van der Waals surface area contributed by atoms with Crippen molar-refractivity contribution in [2.45, 2.75) is 26.2 Å². The quantitative estimate of drug-likeness (QED) is 0.546. The molecule has 0 saturated carbocycles. The molecule has 1 aliphatic rings. The van der Waals surface area contributed by atoms with E-state index in [1.807, 2.05) is 0 Å². The van der Waals surface area contributed by atoms with Gasteiger partial charge >= 0.3 is 0 Å². The first kappa shape index (κ1) is 12.9. The van der Waals surface area contributed by atoms with E-state index >= 15 is 0 Å². The zero-order valence-electron chi connectivity index (χ0n) is 9.74. The summed E-state index contributed by atoms with van der Waals surface area (Å²) in [4.78, 5) is 5.71. The summed E-state index contributed by atoms with van der Waals surface area (Å²) in [5.41, 5.74) is 5.46. The van der Waals surface area contributed by atoms with E-state index in [9.17, 15) is 0 Å². The Morgan fingerprint density at radius 1 is 1.13 bits per heavy atom. The van der Waals surface area contributed by atoms with Gasteiger partial charge in [-0.15, -0.1) is 0 Å². The highest BCUT2D eigenvalue weighted by atomic mass is 32.1. The highest BCUT2D eigenvalue weighted by Crippen LogP contribution is 2.04. The summed E-state index contributed by atoms with van der Waals surface area (Å²) in [7, 11) is 0. The third-order valence-electron chi connectivity index (χ3n) is 3.06. The highest BCUT2D eigenvalue weighted by Gasteiger charge is 2.14. The van der Waals surface area contributed by atoms with Crippen LogP contribution in [0.2, 0.25) is 0 Å². The number of nitrogens with zero attached hydrogens (tertiary/aromatic N) is 2. The molecule has 1 fully saturated rings. The van der Waals surface area contributed by atoms with E-state index in [1.165, 1.54) is 45.7 Å². The Morgan fingerprint density at radius 3 is 2.27 bits per heavy atom. The van der Waals surface area contributed by atoms with Gasteiger partial charge in [0.15, 0.2) is 0 Å². The van der Waals surface area contributed by atoms with Crippen LogP contribution in [-0.4, -0.2) is 54.1 Å². The van der Waals surface area contributed by atoms with Crippen LogP contribution in [0.5, 0.6) is 0 Å². The minimum atomic E-state index is 0.658. The largest absolute Gasteiger partial charge is 0.393 e. The van der Waals surface area contributed by atoms with Gasteiger partial charge in [-0.25, -0.2) is 0 Å². The number of rotatable bonds is 6. The molecule has 0 aromatic heterocycles. The number of unbranched alkanes of at least 4 members (excludes halogenated alkanes) is 1. The van der Waals surface area contributed by atoms with Gasteiger partial charge in [-0.1, -0.05) is 19.1 Å². The van der Waals surface area contributed by atoms with Crippen LogP contribution in [0.1, 0.15) is 26.2 Å². The molecule has 1 heterocycles. The van der Waals surface area contributed by atoms with Crippen LogP contribution in [-0.2, 0) is 0 Å². The lowest BCUT2D eigenvalue weighted by atomic mass is 10.2. The van der Waals surface area contributed by atoms with Gasteiger partial charge in [0.2, 0.25) is 0 Å². The van der Waals surface area contributed by atoms with Gasteiger partial charge in [-0.05, 0) is 32.4 Å². The van der Waals surface area contributed by atoms with E-state index in [4.69, 9.17) is 18.0 Å². The van der Waals surface area contributed by atoms with Crippen LogP contribution in [0.3, 0.4) is 0 Å². The highest BCUT2D eigenvalue weighted by molar-refractivity contribution is 7.80. The zero-order chi connectivity index (χ0) is 11.1. The topological polar surface area (TPSA) is 32.5 Å². The van der Waals surface area contributed by atoms with Gasteiger partial charge in [-0.3, -0.25) is 0 Å². The van der Waals surface area contributed by atoms with E-state index in [-0.39, 0.29) is 0 Å². The minimum absolute atomic E-state index is 0.658. The van der Waals surface area contributed by atoms with E-state index in [2.05, 4.69) is 16.7 Å². The fourth-order valence-corrected chi connectivity index (χ4v) is 2.11. The monoisotopic (exact) mass is 229 g/mol. The fraction of sp³-hybridized carbons (Fsp3) is 0.909. The maximum atomic E-state index is 5.46. The number of likely N-dealkylation sites (N-methyl/N-ethyl adjacent to an activating group) is 1. The predicted molar refractivity (Wildman–Crippen MR) is 69.2 cm³/mol. The molecule has 1 aliphatic heterocycles. The van der Waals surface area contributed by atoms with Gasteiger partial charge in [-0.2, -0.15) is 0 Å². The summed E-state index contributed by atoms with van der Waals surface area (Å²) < 4.78 is 0. The van der Waals surface area contributed by atoms with E-state index in [1.54, 1.807) is 0 Å². The molecule has 1 saturated heterocycles. The molecule has 0 radical (unpaired) electrons. The van der Waals surface area contributed by atoms with Gasteiger partial charge in [0.1, 0.15) is 0 Å². The number of hydrogen-bond donors (Lipinski definition) is 1. The number of hydrogen-bond acceptors (Lipinski definition) is 3. The second-order valence-electron chi connectivity index (χ2n) is 4.20. The maximum Gasteiger partial charge on any atom is 0.0727 e. The van der Waals surface area contributed by atoms with Crippen LogP contribution < -0.4 is 5.73 Å². The van der Waals surface area contributed by atoms with Gasteiger partial charge in [0, 0.05) is 26.2 Å². The smallest absolute Gasteiger partial charge is 0.0727 e. The van der Waals surface area contributed by atoms with Crippen molar-refractivity contribution >= 4 is 17.2 Å². The molecular weight excluding hydrogens is 206 g/mol. The second-order valence-corrected chi connectivity index (χ2v) is 4.72. The number of thiocarbonyl (C=S) groups is 1. The molecule has 2 N–H and O–H groups in total. The first-order chi connectivity index (χ1) is 7.22. The van der Waals surface area contributed by atoms with E-state index in [0.29, 0.717) is 4.99 Å². The molecule has 0 spiro atoms. The molecular formula is C11H23N3S. The van der Waals surface area contributed by atoms with Crippen molar-refractivity contribution in [2.75, 3.05) is 39.3 Å². The molecule has 3 nitrogen and oxygen atoms in total. The van der Waals surface area contributed by atoms with Crippen molar-refractivity contribution in [1.29, 1.82) is 0 Å². The molecule has 4 heteroatoms.